The summed E-state index contributed by atoms with van der Waals surface area (Å²) in [7, 11) is 0. The topological polar surface area (TPSA) is 64.2 Å². The number of thioether (sulfide) groups is 1. The molecule has 142 valence electrons. The minimum atomic E-state index is -0.343. The fraction of sp³-hybridized carbons (Fsp3) is 0.632. The molecule has 3 rings (SSSR count). The minimum absolute atomic E-state index is 0.211. The molecule has 1 saturated heterocycles. The van der Waals surface area contributed by atoms with Gasteiger partial charge in [-0.1, -0.05) is 39.5 Å². The van der Waals surface area contributed by atoms with E-state index in [1.165, 1.54) is 24.6 Å². The summed E-state index contributed by atoms with van der Waals surface area (Å²) >= 11 is 1.46. The van der Waals surface area contributed by atoms with Crippen LogP contribution in [-0.2, 0) is 11.3 Å². The van der Waals surface area contributed by atoms with Crippen LogP contribution in [0.15, 0.2) is 28.0 Å². The van der Waals surface area contributed by atoms with Gasteiger partial charge in [-0.15, -0.1) is 10.2 Å². The molecule has 0 unspecified atom stereocenters. The average molecular weight is 377 g/mol. The van der Waals surface area contributed by atoms with E-state index in [2.05, 4.69) is 26.6 Å². The van der Waals surface area contributed by atoms with Crippen LogP contribution in [0.1, 0.15) is 46.3 Å². The van der Waals surface area contributed by atoms with Crippen molar-refractivity contribution in [1.82, 2.24) is 14.8 Å². The van der Waals surface area contributed by atoms with Crippen molar-refractivity contribution in [3.63, 3.8) is 0 Å². The first-order valence-electron chi connectivity index (χ1n) is 9.21. The van der Waals surface area contributed by atoms with E-state index in [1.807, 2.05) is 32.9 Å². The van der Waals surface area contributed by atoms with Crippen molar-refractivity contribution < 1.29 is 9.21 Å². The molecule has 26 heavy (non-hydrogen) atoms. The number of piperidine rings is 1. The molecular weight excluding hydrogens is 348 g/mol. The lowest BCUT2D eigenvalue weighted by Gasteiger charge is -2.31. The maximum Gasteiger partial charge on any atom is 0.228 e. The van der Waals surface area contributed by atoms with Crippen molar-refractivity contribution in [3.8, 4) is 0 Å². The van der Waals surface area contributed by atoms with Gasteiger partial charge in [-0.2, -0.15) is 0 Å². The molecule has 0 N–H and O–H groups in total. The summed E-state index contributed by atoms with van der Waals surface area (Å²) in [6.45, 7) is 10.7. The molecule has 1 aliphatic heterocycles. The molecule has 0 aliphatic carbocycles. The van der Waals surface area contributed by atoms with Crippen molar-refractivity contribution in [2.45, 2.75) is 52.2 Å². The van der Waals surface area contributed by atoms with Crippen LogP contribution in [0.5, 0.6) is 0 Å². The van der Waals surface area contributed by atoms with Crippen LogP contribution in [0.4, 0.5) is 5.95 Å². The zero-order valence-electron chi connectivity index (χ0n) is 16.1. The Kier molecular flexibility index (Phi) is 5.75. The first-order chi connectivity index (χ1) is 12.3. The molecule has 0 spiro atoms. The Bertz CT molecular complexity index is 725. The van der Waals surface area contributed by atoms with Crippen molar-refractivity contribution in [3.05, 3.63) is 24.2 Å². The summed E-state index contributed by atoms with van der Waals surface area (Å²) in [4.78, 5) is 14.6. The molecule has 0 radical (unpaired) electrons. The van der Waals surface area contributed by atoms with E-state index in [9.17, 15) is 4.79 Å². The van der Waals surface area contributed by atoms with Gasteiger partial charge in [-0.3, -0.25) is 9.36 Å². The SMILES string of the molecule is CC1CCN(c2nnc(SCC(=O)C(C)(C)C)n2Cc2ccco2)CC1. The third-order valence-corrected chi connectivity index (χ3v) is 5.79. The van der Waals surface area contributed by atoms with Crippen LogP contribution in [0.25, 0.3) is 0 Å². The fourth-order valence-corrected chi connectivity index (χ4v) is 3.97. The summed E-state index contributed by atoms with van der Waals surface area (Å²) in [6, 6.07) is 3.84. The smallest absolute Gasteiger partial charge is 0.228 e. The average Bonchev–Trinajstić information content (AvgIpc) is 3.23. The van der Waals surface area contributed by atoms with E-state index >= 15 is 0 Å². The zero-order chi connectivity index (χ0) is 18.7. The number of anilines is 1. The van der Waals surface area contributed by atoms with E-state index in [4.69, 9.17) is 4.42 Å². The third kappa shape index (κ3) is 4.50. The maximum atomic E-state index is 12.3. The summed E-state index contributed by atoms with van der Waals surface area (Å²) in [5, 5.41) is 9.61. The minimum Gasteiger partial charge on any atom is -0.467 e. The zero-order valence-corrected chi connectivity index (χ0v) is 16.9. The highest BCUT2D eigenvalue weighted by molar-refractivity contribution is 7.99. The molecule has 0 bridgehead atoms. The molecular formula is C19H28N4O2S. The standard InChI is InChI=1S/C19H28N4O2S/c1-14-7-9-22(10-8-14)17-20-21-18(26-13-16(24)19(2,3)4)23(17)12-15-6-5-11-25-15/h5-6,11,14H,7-10,12-13H2,1-4H3. The number of carbonyl (C=O) groups is 1. The lowest BCUT2D eigenvalue weighted by atomic mass is 9.92. The van der Waals surface area contributed by atoms with Gasteiger partial charge in [0.05, 0.1) is 18.6 Å². The van der Waals surface area contributed by atoms with Crippen LogP contribution >= 0.6 is 11.8 Å². The van der Waals surface area contributed by atoms with E-state index in [-0.39, 0.29) is 11.2 Å². The van der Waals surface area contributed by atoms with E-state index in [1.54, 1.807) is 6.26 Å². The lowest BCUT2D eigenvalue weighted by Crippen LogP contribution is -2.35. The second kappa shape index (κ2) is 7.86. The Hall–Kier alpha value is -1.76. The van der Waals surface area contributed by atoms with Gasteiger partial charge in [-0.25, -0.2) is 0 Å². The number of ketones is 1. The molecule has 1 fully saturated rings. The number of furan rings is 1. The Balaban J connectivity index is 1.80. The summed E-state index contributed by atoms with van der Waals surface area (Å²) in [6.07, 6.45) is 4.01. The first kappa shape index (κ1) is 19.0. The predicted octanol–water partition coefficient (Wildman–Crippen LogP) is 3.86. The third-order valence-electron chi connectivity index (χ3n) is 4.83. The van der Waals surface area contributed by atoms with Gasteiger partial charge >= 0.3 is 0 Å². The van der Waals surface area contributed by atoms with Gasteiger partial charge in [-0.05, 0) is 30.9 Å². The molecule has 0 atom stereocenters. The molecule has 1 aliphatic rings. The number of rotatable bonds is 6. The highest BCUT2D eigenvalue weighted by Crippen LogP contribution is 2.28. The van der Waals surface area contributed by atoms with Crippen molar-refractivity contribution in [1.29, 1.82) is 0 Å². The number of hydrogen-bond acceptors (Lipinski definition) is 6. The monoisotopic (exact) mass is 376 g/mol. The van der Waals surface area contributed by atoms with Crippen LogP contribution in [0.3, 0.4) is 0 Å². The number of carbonyl (C=O) groups excluding carboxylic acids is 1. The Morgan fingerprint density at radius 1 is 1.31 bits per heavy atom. The van der Waals surface area contributed by atoms with Gasteiger partial charge in [0.1, 0.15) is 11.5 Å². The summed E-state index contributed by atoms with van der Waals surface area (Å²) < 4.78 is 7.61. The van der Waals surface area contributed by atoms with Gasteiger partial charge in [0.25, 0.3) is 0 Å². The van der Waals surface area contributed by atoms with Gasteiger partial charge in [0.2, 0.25) is 5.95 Å². The molecule has 2 aromatic heterocycles. The largest absolute Gasteiger partial charge is 0.467 e. The second-order valence-corrected chi connectivity index (χ2v) is 9.02. The van der Waals surface area contributed by atoms with Gasteiger partial charge in [0, 0.05) is 18.5 Å². The van der Waals surface area contributed by atoms with Crippen LogP contribution in [0.2, 0.25) is 0 Å². The quantitative estimate of drug-likeness (QED) is 0.713. The van der Waals surface area contributed by atoms with Crippen molar-refractivity contribution in [2.24, 2.45) is 11.3 Å². The van der Waals surface area contributed by atoms with Crippen LogP contribution in [-0.4, -0.2) is 39.4 Å². The van der Waals surface area contributed by atoms with E-state index in [0.29, 0.717) is 12.3 Å². The van der Waals surface area contributed by atoms with E-state index in [0.717, 1.165) is 35.9 Å². The first-order valence-corrected chi connectivity index (χ1v) is 10.2. The normalized spacial score (nSPS) is 16.2. The van der Waals surface area contributed by atoms with Crippen molar-refractivity contribution in [2.75, 3.05) is 23.7 Å². The van der Waals surface area contributed by atoms with Crippen LogP contribution < -0.4 is 4.90 Å². The Morgan fingerprint density at radius 2 is 2.04 bits per heavy atom. The predicted molar refractivity (Wildman–Crippen MR) is 104 cm³/mol. The number of hydrogen-bond donors (Lipinski definition) is 0. The van der Waals surface area contributed by atoms with E-state index < -0.39 is 0 Å². The Morgan fingerprint density at radius 3 is 2.65 bits per heavy atom. The summed E-state index contributed by atoms with van der Waals surface area (Å²) in [5.74, 6) is 3.10. The van der Waals surface area contributed by atoms with Crippen molar-refractivity contribution >= 4 is 23.5 Å². The second-order valence-electron chi connectivity index (χ2n) is 8.08. The molecule has 0 amide bonds. The molecule has 2 aromatic rings. The molecule has 0 saturated carbocycles. The fourth-order valence-electron chi connectivity index (χ4n) is 2.87. The number of nitrogens with zero attached hydrogens (tertiary/aromatic N) is 4. The van der Waals surface area contributed by atoms with Gasteiger partial charge in [0.15, 0.2) is 5.16 Å². The molecule has 7 heteroatoms. The highest BCUT2D eigenvalue weighted by atomic mass is 32.2. The maximum absolute atomic E-state index is 12.3. The molecule has 3 heterocycles. The van der Waals surface area contributed by atoms with Crippen LogP contribution in [0, 0.1) is 11.3 Å². The molecule has 6 nitrogen and oxygen atoms in total. The highest BCUT2D eigenvalue weighted by Gasteiger charge is 2.25. The number of aromatic nitrogens is 3. The van der Waals surface area contributed by atoms with Gasteiger partial charge < -0.3 is 9.32 Å². The summed E-state index contributed by atoms with van der Waals surface area (Å²) in [5.41, 5.74) is -0.343. The Labute approximate surface area is 159 Å². The lowest BCUT2D eigenvalue weighted by molar-refractivity contribution is -0.123. The molecule has 0 aromatic carbocycles. The number of Topliss-reactive ketones (excluding diaryl/α,β-unsaturated/α-hetero) is 1.